The van der Waals surface area contributed by atoms with E-state index in [9.17, 15) is 0 Å². The lowest BCUT2D eigenvalue weighted by Crippen LogP contribution is -2.41. The van der Waals surface area contributed by atoms with Gasteiger partial charge in [0.15, 0.2) is 0 Å². The molecule has 9 heavy (non-hydrogen) atoms. The molecule has 0 amide bonds. The minimum atomic E-state index is 1.21. The Morgan fingerprint density at radius 2 is 2.00 bits per heavy atom. The summed E-state index contributed by atoms with van der Waals surface area (Å²) < 4.78 is 0. The van der Waals surface area contributed by atoms with Crippen LogP contribution in [-0.2, 0) is 0 Å². The minimum Gasteiger partial charge on any atom is -0.308 e. The molecule has 0 aromatic heterocycles. The molecular weight excluding hydrogens is 112 g/mol. The lowest BCUT2D eigenvalue weighted by molar-refractivity contribution is 0.165. The molecule has 0 atom stereocenters. The summed E-state index contributed by atoms with van der Waals surface area (Å²) in [6, 6.07) is 0. The van der Waals surface area contributed by atoms with Gasteiger partial charge in [-0.2, -0.15) is 0 Å². The van der Waals surface area contributed by atoms with Crippen LogP contribution in [0, 0.1) is 0 Å². The molecule has 1 rings (SSSR count). The molecule has 0 aromatic carbocycles. The molecule has 2 heteroatoms. The standard InChI is InChI=1S/C7H16N2/c1-8(2)6-7-9-4-3-5-9/h3-7H2,1-2H3. The molecule has 0 N–H and O–H groups in total. The highest BCUT2D eigenvalue weighted by Crippen LogP contribution is 2.03. The van der Waals surface area contributed by atoms with Crippen molar-refractivity contribution in [3.05, 3.63) is 0 Å². The first-order valence-corrected chi connectivity index (χ1v) is 3.66. The van der Waals surface area contributed by atoms with E-state index in [2.05, 4.69) is 23.9 Å². The highest BCUT2D eigenvalue weighted by molar-refractivity contribution is 4.68. The van der Waals surface area contributed by atoms with Crippen LogP contribution in [0.3, 0.4) is 0 Å². The molecule has 0 radical (unpaired) electrons. The molecule has 2 nitrogen and oxygen atoms in total. The summed E-state index contributed by atoms with van der Waals surface area (Å²) in [4.78, 5) is 4.72. The highest BCUT2D eigenvalue weighted by Gasteiger charge is 2.12. The molecule has 0 bridgehead atoms. The van der Waals surface area contributed by atoms with Crippen molar-refractivity contribution in [2.45, 2.75) is 6.42 Å². The van der Waals surface area contributed by atoms with Crippen molar-refractivity contribution in [2.24, 2.45) is 0 Å². The molecule has 1 aliphatic rings. The van der Waals surface area contributed by atoms with Crippen molar-refractivity contribution in [3.63, 3.8) is 0 Å². The Labute approximate surface area is 57.4 Å². The van der Waals surface area contributed by atoms with E-state index < -0.39 is 0 Å². The van der Waals surface area contributed by atoms with E-state index in [0.29, 0.717) is 0 Å². The fourth-order valence-corrected chi connectivity index (χ4v) is 0.947. The molecule has 1 fully saturated rings. The Balaban J connectivity index is 1.91. The summed E-state index contributed by atoms with van der Waals surface area (Å²) >= 11 is 0. The Kier molecular flexibility index (Phi) is 2.49. The van der Waals surface area contributed by atoms with Gasteiger partial charge < -0.3 is 9.80 Å². The van der Waals surface area contributed by atoms with E-state index in [4.69, 9.17) is 0 Å². The van der Waals surface area contributed by atoms with Crippen molar-refractivity contribution in [2.75, 3.05) is 40.3 Å². The third kappa shape index (κ3) is 2.33. The van der Waals surface area contributed by atoms with Crippen molar-refractivity contribution in [1.82, 2.24) is 9.80 Å². The van der Waals surface area contributed by atoms with Gasteiger partial charge in [0, 0.05) is 13.1 Å². The number of likely N-dealkylation sites (N-methyl/N-ethyl adjacent to an activating group) is 1. The molecule has 0 spiro atoms. The zero-order valence-corrected chi connectivity index (χ0v) is 6.43. The quantitative estimate of drug-likeness (QED) is 0.537. The van der Waals surface area contributed by atoms with Gasteiger partial charge in [0.05, 0.1) is 0 Å². The second-order valence-electron chi connectivity index (χ2n) is 3.00. The summed E-state index contributed by atoms with van der Waals surface area (Å²) in [5, 5.41) is 0. The van der Waals surface area contributed by atoms with E-state index in [1.54, 1.807) is 0 Å². The minimum absolute atomic E-state index is 1.21. The molecule has 0 unspecified atom stereocenters. The zero-order chi connectivity index (χ0) is 6.69. The van der Waals surface area contributed by atoms with Crippen molar-refractivity contribution < 1.29 is 0 Å². The smallest absolute Gasteiger partial charge is 0.0109 e. The molecule has 1 heterocycles. The first kappa shape index (κ1) is 7.03. The average molecular weight is 128 g/mol. The van der Waals surface area contributed by atoms with E-state index in [0.717, 1.165) is 0 Å². The van der Waals surface area contributed by atoms with Crippen LogP contribution >= 0.6 is 0 Å². The van der Waals surface area contributed by atoms with Crippen LogP contribution in [0.1, 0.15) is 6.42 Å². The first-order chi connectivity index (χ1) is 4.29. The summed E-state index contributed by atoms with van der Waals surface area (Å²) in [6.45, 7) is 5.12. The van der Waals surface area contributed by atoms with Gasteiger partial charge in [0.2, 0.25) is 0 Å². The summed E-state index contributed by atoms with van der Waals surface area (Å²) in [6.07, 6.45) is 1.41. The molecule has 0 aromatic rings. The van der Waals surface area contributed by atoms with Gasteiger partial charge in [-0.1, -0.05) is 0 Å². The maximum atomic E-state index is 2.49. The fraction of sp³-hybridized carbons (Fsp3) is 1.00. The highest BCUT2D eigenvalue weighted by atomic mass is 15.2. The molecule has 54 valence electrons. The van der Waals surface area contributed by atoms with Crippen LogP contribution < -0.4 is 0 Å². The zero-order valence-electron chi connectivity index (χ0n) is 6.43. The van der Waals surface area contributed by atoms with Gasteiger partial charge in [-0.05, 0) is 33.6 Å². The van der Waals surface area contributed by atoms with Gasteiger partial charge in [0.1, 0.15) is 0 Å². The van der Waals surface area contributed by atoms with Gasteiger partial charge in [-0.15, -0.1) is 0 Å². The lowest BCUT2D eigenvalue weighted by Gasteiger charge is -2.31. The Morgan fingerprint density at radius 3 is 2.33 bits per heavy atom. The predicted octanol–water partition coefficient (Wildman–Crippen LogP) is 0.254. The van der Waals surface area contributed by atoms with E-state index >= 15 is 0 Å². The fourth-order valence-electron chi connectivity index (χ4n) is 0.947. The van der Waals surface area contributed by atoms with Crippen LogP contribution in [0.2, 0.25) is 0 Å². The molecule has 0 saturated carbocycles. The third-order valence-electron chi connectivity index (χ3n) is 1.81. The van der Waals surface area contributed by atoms with E-state index in [1.807, 2.05) is 0 Å². The summed E-state index contributed by atoms with van der Waals surface area (Å²) in [7, 11) is 4.25. The Morgan fingerprint density at radius 1 is 1.33 bits per heavy atom. The van der Waals surface area contributed by atoms with Gasteiger partial charge in [0.25, 0.3) is 0 Å². The second-order valence-corrected chi connectivity index (χ2v) is 3.00. The summed E-state index contributed by atoms with van der Waals surface area (Å²) in [5.41, 5.74) is 0. The number of rotatable bonds is 3. The normalized spacial score (nSPS) is 20.3. The molecular formula is C7H16N2. The number of nitrogens with zero attached hydrogens (tertiary/aromatic N) is 2. The molecule has 0 aliphatic carbocycles. The maximum Gasteiger partial charge on any atom is 0.0109 e. The van der Waals surface area contributed by atoms with Crippen molar-refractivity contribution in [3.8, 4) is 0 Å². The SMILES string of the molecule is CN(C)CCN1CCC1. The van der Waals surface area contributed by atoms with Crippen molar-refractivity contribution in [1.29, 1.82) is 0 Å². The van der Waals surface area contributed by atoms with Gasteiger partial charge in [-0.25, -0.2) is 0 Å². The van der Waals surface area contributed by atoms with Gasteiger partial charge in [-0.3, -0.25) is 0 Å². The molecule has 1 saturated heterocycles. The van der Waals surface area contributed by atoms with E-state index in [-0.39, 0.29) is 0 Å². The Bertz CT molecular complexity index is 77.0. The number of hydrogen-bond acceptors (Lipinski definition) is 2. The summed E-state index contributed by atoms with van der Waals surface area (Å²) in [5.74, 6) is 0. The van der Waals surface area contributed by atoms with Crippen LogP contribution in [-0.4, -0.2) is 50.1 Å². The maximum absolute atomic E-state index is 2.49. The monoisotopic (exact) mass is 128 g/mol. The molecule has 1 aliphatic heterocycles. The van der Waals surface area contributed by atoms with Crippen LogP contribution in [0.25, 0.3) is 0 Å². The lowest BCUT2D eigenvalue weighted by atomic mass is 10.2. The van der Waals surface area contributed by atoms with Crippen molar-refractivity contribution >= 4 is 0 Å². The number of hydrogen-bond donors (Lipinski definition) is 0. The van der Waals surface area contributed by atoms with E-state index in [1.165, 1.54) is 32.6 Å². The van der Waals surface area contributed by atoms with Crippen LogP contribution in [0.4, 0.5) is 0 Å². The Hall–Kier alpha value is -0.0800. The van der Waals surface area contributed by atoms with Crippen LogP contribution in [0.5, 0.6) is 0 Å². The van der Waals surface area contributed by atoms with Gasteiger partial charge >= 0.3 is 0 Å². The first-order valence-electron chi connectivity index (χ1n) is 3.66. The number of likely N-dealkylation sites (tertiary alicyclic amines) is 1. The second kappa shape index (κ2) is 3.18. The topological polar surface area (TPSA) is 6.48 Å². The third-order valence-corrected chi connectivity index (χ3v) is 1.81. The predicted molar refractivity (Wildman–Crippen MR) is 39.6 cm³/mol. The van der Waals surface area contributed by atoms with Crippen LogP contribution in [0.15, 0.2) is 0 Å². The average Bonchev–Trinajstić information content (AvgIpc) is 1.60. The largest absolute Gasteiger partial charge is 0.308 e.